The van der Waals surface area contributed by atoms with Gasteiger partial charge in [0, 0.05) is 11.1 Å². The van der Waals surface area contributed by atoms with Crippen LogP contribution in [-0.2, 0) is 10.8 Å². The monoisotopic (exact) mass is 442 g/mol. The molecule has 3 heteroatoms. The highest BCUT2D eigenvalue weighted by Crippen LogP contribution is 2.39. The maximum absolute atomic E-state index is 4.73. The molecule has 2 nitrogen and oxygen atoms in total. The summed E-state index contributed by atoms with van der Waals surface area (Å²) >= 11 is 1.30. The van der Waals surface area contributed by atoms with E-state index in [1.54, 1.807) is 0 Å². The lowest BCUT2D eigenvalue weighted by Gasteiger charge is -2.24. The minimum absolute atomic E-state index is 0.188. The van der Waals surface area contributed by atoms with E-state index in [1.165, 1.54) is 50.7 Å². The van der Waals surface area contributed by atoms with Gasteiger partial charge in [0.1, 0.15) is 11.0 Å². The maximum atomic E-state index is 4.73. The Morgan fingerprint density at radius 3 is 1.66 bits per heavy atom. The molecule has 0 N–H and O–H groups in total. The van der Waals surface area contributed by atoms with E-state index in [1.807, 2.05) is 0 Å². The van der Waals surface area contributed by atoms with E-state index in [0.717, 1.165) is 23.9 Å². The molecular weight excluding hydrogens is 408 g/mol. The van der Waals surface area contributed by atoms with Crippen LogP contribution in [0.4, 0.5) is 0 Å². The molecule has 3 aromatic carbocycles. The lowest BCUT2D eigenvalue weighted by molar-refractivity contribution is 0.506. The average Bonchev–Trinajstić information content (AvgIpc) is 3.28. The minimum atomic E-state index is 0.188. The largest absolute Gasteiger partial charge is 0.172 e. The molecule has 0 aliphatic rings. The SMILES string of the molecule is CCC(C)(C)c1ccc(-c2cc(C)c(-c3ccc(C(C)(C)CC)cc3)c3nsnc23)cc1. The Labute approximate surface area is 197 Å². The molecule has 0 atom stereocenters. The number of hydrogen-bond acceptors (Lipinski definition) is 3. The summed E-state index contributed by atoms with van der Waals surface area (Å²) in [5, 5.41) is 0. The Bertz CT molecular complexity index is 1230. The second-order valence-corrected chi connectivity index (χ2v) is 10.7. The van der Waals surface area contributed by atoms with Crippen molar-refractivity contribution in [1.82, 2.24) is 8.75 Å². The zero-order chi connectivity index (χ0) is 23.1. The van der Waals surface area contributed by atoms with Crippen molar-refractivity contribution in [1.29, 1.82) is 0 Å². The molecule has 0 radical (unpaired) electrons. The van der Waals surface area contributed by atoms with Gasteiger partial charge in [-0.3, -0.25) is 0 Å². The van der Waals surface area contributed by atoms with Crippen LogP contribution in [0.5, 0.6) is 0 Å². The molecule has 1 aromatic heterocycles. The Balaban J connectivity index is 1.79. The normalized spacial score (nSPS) is 12.5. The average molecular weight is 443 g/mol. The molecular formula is C29H34N2S. The van der Waals surface area contributed by atoms with Crippen molar-refractivity contribution in [3.63, 3.8) is 0 Å². The fraction of sp³-hybridized carbons (Fsp3) is 0.379. The highest BCUT2D eigenvalue weighted by molar-refractivity contribution is 7.00. The predicted octanol–water partition coefficient (Wildman–Crippen LogP) is 8.71. The van der Waals surface area contributed by atoms with Crippen LogP contribution >= 0.6 is 11.7 Å². The summed E-state index contributed by atoms with van der Waals surface area (Å²) in [7, 11) is 0. The van der Waals surface area contributed by atoms with Crippen molar-refractivity contribution in [2.45, 2.75) is 72.1 Å². The number of nitrogens with zero attached hydrogens (tertiary/aromatic N) is 2. The summed E-state index contributed by atoms with van der Waals surface area (Å²) in [5.74, 6) is 0. The van der Waals surface area contributed by atoms with Crippen LogP contribution in [0.2, 0.25) is 0 Å². The van der Waals surface area contributed by atoms with Crippen LogP contribution in [0.1, 0.15) is 71.1 Å². The van der Waals surface area contributed by atoms with Gasteiger partial charge in [-0.05, 0) is 64.5 Å². The first-order chi connectivity index (χ1) is 15.2. The molecule has 0 aliphatic heterocycles. The summed E-state index contributed by atoms with van der Waals surface area (Å²) in [6.45, 7) is 15.9. The van der Waals surface area contributed by atoms with Crippen LogP contribution < -0.4 is 0 Å². The molecule has 0 bridgehead atoms. The van der Waals surface area contributed by atoms with E-state index in [9.17, 15) is 0 Å². The Morgan fingerprint density at radius 1 is 0.688 bits per heavy atom. The van der Waals surface area contributed by atoms with Crippen molar-refractivity contribution < 1.29 is 0 Å². The van der Waals surface area contributed by atoms with Crippen LogP contribution in [-0.4, -0.2) is 8.75 Å². The predicted molar refractivity (Wildman–Crippen MR) is 140 cm³/mol. The molecule has 4 rings (SSSR count). The van der Waals surface area contributed by atoms with E-state index >= 15 is 0 Å². The topological polar surface area (TPSA) is 25.8 Å². The van der Waals surface area contributed by atoms with E-state index in [-0.39, 0.29) is 10.8 Å². The van der Waals surface area contributed by atoms with Gasteiger partial charge in [-0.1, -0.05) is 90.1 Å². The van der Waals surface area contributed by atoms with Gasteiger partial charge < -0.3 is 0 Å². The number of hydrogen-bond donors (Lipinski definition) is 0. The Hall–Kier alpha value is -2.52. The molecule has 0 saturated carbocycles. The van der Waals surface area contributed by atoms with E-state index in [0.29, 0.717) is 0 Å². The van der Waals surface area contributed by atoms with Gasteiger partial charge in [0.05, 0.1) is 11.7 Å². The van der Waals surface area contributed by atoms with Gasteiger partial charge in [-0.25, -0.2) is 0 Å². The Kier molecular flexibility index (Phi) is 5.98. The van der Waals surface area contributed by atoms with Crippen molar-refractivity contribution in [3.05, 3.63) is 71.3 Å². The number of aromatic nitrogens is 2. The number of rotatable bonds is 6. The lowest BCUT2D eigenvalue weighted by Crippen LogP contribution is -2.15. The first kappa shape index (κ1) is 22.7. The molecule has 0 aliphatic carbocycles. The number of benzene rings is 3. The fourth-order valence-corrected chi connectivity index (χ4v) is 4.82. The highest BCUT2D eigenvalue weighted by Gasteiger charge is 2.21. The van der Waals surface area contributed by atoms with Gasteiger partial charge in [-0.15, -0.1) is 0 Å². The van der Waals surface area contributed by atoms with E-state index < -0.39 is 0 Å². The van der Waals surface area contributed by atoms with Crippen molar-refractivity contribution in [3.8, 4) is 22.3 Å². The molecule has 4 aromatic rings. The molecule has 1 heterocycles. The van der Waals surface area contributed by atoms with Crippen molar-refractivity contribution >= 4 is 22.8 Å². The Morgan fingerprint density at radius 2 is 1.16 bits per heavy atom. The van der Waals surface area contributed by atoms with Gasteiger partial charge in [0.25, 0.3) is 0 Å². The molecule has 0 fully saturated rings. The third-order valence-electron chi connectivity index (χ3n) is 7.44. The summed E-state index contributed by atoms with van der Waals surface area (Å²) < 4.78 is 9.44. The first-order valence-electron chi connectivity index (χ1n) is 11.7. The molecule has 166 valence electrons. The second kappa shape index (κ2) is 8.44. The summed E-state index contributed by atoms with van der Waals surface area (Å²) in [5.41, 5.74) is 11.1. The summed E-state index contributed by atoms with van der Waals surface area (Å²) in [4.78, 5) is 0. The standard InChI is InChI=1S/C29H34N2S/c1-8-28(4,5)22-14-10-20(11-15-22)24-18-19(3)25(27-26(24)30-32-31-27)21-12-16-23(17-13-21)29(6,7)9-2/h10-18H,8-9H2,1-7H3. The molecule has 0 amide bonds. The zero-order valence-electron chi connectivity index (χ0n) is 20.4. The van der Waals surface area contributed by atoms with E-state index in [4.69, 9.17) is 8.75 Å². The van der Waals surface area contributed by atoms with E-state index in [2.05, 4.69) is 103 Å². The summed E-state index contributed by atoms with van der Waals surface area (Å²) in [6, 6.07) is 20.3. The van der Waals surface area contributed by atoms with Gasteiger partial charge in [0.15, 0.2) is 0 Å². The quantitative estimate of drug-likeness (QED) is 0.298. The smallest absolute Gasteiger partial charge is 0.113 e. The van der Waals surface area contributed by atoms with Crippen molar-refractivity contribution in [2.24, 2.45) is 0 Å². The van der Waals surface area contributed by atoms with Crippen LogP contribution in [0.15, 0.2) is 54.6 Å². The number of aryl methyl sites for hydroxylation is 1. The molecule has 0 unspecified atom stereocenters. The first-order valence-corrected chi connectivity index (χ1v) is 12.4. The van der Waals surface area contributed by atoms with Crippen LogP contribution in [0, 0.1) is 6.92 Å². The number of fused-ring (bicyclic) bond motifs is 1. The maximum Gasteiger partial charge on any atom is 0.113 e. The zero-order valence-corrected chi connectivity index (χ0v) is 21.2. The van der Waals surface area contributed by atoms with Crippen LogP contribution in [0.3, 0.4) is 0 Å². The second-order valence-electron chi connectivity index (χ2n) is 10.2. The van der Waals surface area contributed by atoms with Crippen LogP contribution in [0.25, 0.3) is 33.3 Å². The van der Waals surface area contributed by atoms with Gasteiger partial charge in [-0.2, -0.15) is 8.75 Å². The minimum Gasteiger partial charge on any atom is -0.172 e. The summed E-state index contributed by atoms with van der Waals surface area (Å²) in [6.07, 6.45) is 2.24. The lowest BCUT2D eigenvalue weighted by atomic mass is 9.81. The third-order valence-corrected chi connectivity index (χ3v) is 7.96. The van der Waals surface area contributed by atoms with Gasteiger partial charge in [0.2, 0.25) is 0 Å². The molecule has 32 heavy (non-hydrogen) atoms. The van der Waals surface area contributed by atoms with Crippen molar-refractivity contribution in [2.75, 3.05) is 0 Å². The van der Waals surface area contributed by atoms with Gasteiger partial charge >= 0.3 is 0 Å². The third kappa shape index (κ3) is 3.99. The fourth-order valence-electron chi connectivity index (χ4n) is 4.25. The molecule has 0 saturated heterocycles. The molecule has 0 spiro atoms. The highest BCUT2D eigenvalue weighted by atomic mass is 32.1.